The molecular formula is C30H26ClN10O5S4+. The zero-order valence-corrected chi connectivity index (χ0v) is 29.9. The van der Waals surface area contributed by atoms with Crippen LogP contribution in [0, 0.1) is 0 Å². The number of amides is 2. The van der Waals surface area contributed by atoms with Gasteiger partial charge in [-0.25, -0.2) is 24.3 Å². The highest BCUT2D eigenvalue weighted by atomic mass is 35.5. The average Bonchev–Trinajstić information content (AvgIpc) is 3.91. The van der Waals surface area contributed by atoms with Crippen molar-refractivity contribution in [2.75, 3.05) is 18.6 Å². The second-order valence-corrected chi connectivity index (χ2v) is 15.5. The van der Waals surface area contributed by atoms with E-state index in [9.17, 15) is 19.5 Å². The number of nitrogen functional groups attached to an aromatic ring is 1. The number of amidine groups is 1. The number of carboxylic acids is 1. The molecule has 2 aliphatic rings. The largest absolute Gasteiger partial charge is 0.477 e. The lowest BCUT2D eigenvalue weighted by molar-refractivity contribution is -0.687. The summed E-state index contributed by atoms with van der Waals surface area (Å²) >= 11 is 11.5. The molecule has 0 spiro atoms. The number of nitrogens with zero attached hydrogens (tertiary/aromatic N) is 7. The summed E-state index contributed by atoms with van der Waals surface area (Å²) in [5, 5.41) is 21.5. The first kappa shape index (κ1) is 33.7. The first-order chi connectivity index (χ1) is 24.1. The number of hydrogen-bond donors (Lipinski definition) is 4. The zero-order valence-electron chi connectivity index (χ0n) is 25.8. The lowest BCUT2D eigenvalue weighted by Gasteiger charge is -2.49. The molecule has 7 rings (SSSR count). The van der Waals surface area contributed by atoms with Gasteiger partial charge in [-0.15, -0.1) is 34.4 Å². The molecule has 0 bridgehead atoms. The number of thioether (sulfide) groups is 1. The Morgan fingerprint density at radius 2 is 2.14 bits per heavy atom. The van der Waals surface area contributed by atoms with Gasteiger partial charge in [-0.05, 0) is 12.1 Å². The number of carbonyl (C=O) groups excluding carboxylic acids is 2. The van der Waals surface area contributed by atoms with Crippen LogP contribution in [0.1, 0.15) is 16.1 Å². The fourth-order valence-electron chi connectivity index (χ4n) is 5.61. The second-order valence-electron chi connectivity index (χ2n) is 10.9. The molecule has 20 heteroatoms. The molecular weight excluding hydrogens is 744 g/mol. The van der Waals surface area contributed by atoms with E-state index in [2.05, 4.69) is 30.0 Å². The van der Waals surface area contributed by atoms with E-state index in [1.54, 1.807) is 17.5 Å². The molecule has 50 heavy (non-hydrogen) atoms. The number of aromatic nitrogens is 4. The summed E-state index contributed by atoms with van der Waals surface area (Å²) in [4.78, 5) is 58.7. The number of thiazole rings is 2. The smallest absolute Gasteiger partial charge is 0.352 e. The first-order valence-electron chi connectivity index (χ1n) is 14.6. The Morgan fingerprint density at radius 1 is 1.30 bits per heavy atom. The van der Waals surface area contributed by atoms with Gasteiger partial charge in [0, 0.05) is 51.0 Å². The van der Waals surface area contributed by atoms with Gasteiger partial charge in [-0.3, -0.25) is 14.5 Å². The number of thiophene rings is 1. The number of carboxylic acid groups (broad SMARTS) is 1. The number of β-lactam (4-membered cyclic amide) rings is 1. The van der Waals surface area contributed by atoms with E-state index < -0.39 is 29.2 Å². The van der Waals surface area contributed by atoms with Crippen LogP contribution < -0.4 is 21.4 Å². The van der Waals surface area contributed by atoms with Crippen molar-refractivity contribution in [3.63, 3.8) is 0 Å². The summed E-state index contributed by atoms with van der Waals surface area (Å²) in [5.41, 5.74) is 14.0. The molecule has 0 unspecified atom stereocenters. The van der Waals surface area contributed by atoms with E-state index in [1.165, 1.54) is 35.1 Å². The van der Waals surface area contributed by atoms with Crippen LogP contribution in [-0.2, 0) is 32.3 Å². The summed E-state index contributed by atoms with van der Waals surface area (Å²) in [6.45, 7) is 0.886. The van der Waals surface area contributed by atoms with Crippen LogP contribution in [0.15, 0.2) is 75.2 Å². The normalized spacial score (nSPS) is 18.0. The molecule has 0 saturated carbocycles. The van der Waals surface area contributed by atoms with Crippen molar-refractivity contribution in [3.8, 4) is 0 Å². The number of nitrogens with two attached hydrogens (primary N) is 2. The van der Waals surface area contributed by atoms with Crippen LogP contribution in [-0.4, -0.2) is 78.2 Å². The van der Waals surface area contributed by atoms with E-state index in [-0.39, 0.29) is 33.1 Å². The minimum atomic E-state index is -1.23. The van der Waals surface area contributed by atoms with Crippen LogP contribution in [0.2, 0.25) is 4.34 Å². The predicted molar refractivity (Wildman–Crippen MR) is 193 cm³/mol. The Labute approximate surface area is 304 Å². The maximum Gasteiger partial charge on any atom is 0.352 e. The number of hydrogen-bond acceptors (Lipinski definition) is 13. The van der Waals surface area contributed by atoms with Crippen LogP contribution in [0.4, 0.5) is 10.3 Å². The van der Waals surface area contributed by atoms with Gasteiger partial charge >= 0.3 is 5.97 Å². The fraction of sp³-hybridized carbons (Fsp3) is 0.200. The Balaban J connectivity index is 1.05. The number of aliphatic imine (C=N–C) groups is 1. The number of aliphatic carboxylic acids is 1. The maximum absolute atomic E-state index is 13.3. The summed E-state index contributed by atoms with van der Waals surface area (Å²) in [7, 11) is 1.25. The number of pyridine rings is 1. The van der Waals surface area contributed by atoms with E-state index in [0.29, 0.717) is 28.8 Å². The average molecular weight is 770 g/mol. The Hall–Kier alpha value is -4.82. The molecule has 0 radical (unpaired) electrons. The molecule has 256 valence electrons. The van der Waals surface area contributed by atoms with Crippen molar-refractivity contribution in [2.24, 2.45) is 15.9 Å². The van der Waals surface area contributed by atoms with E-state index >= 15 is 0 Å². The molecule has 1 saturated heterocycles. The van der Waals surface area contributed by atoms with Gasteiger partial charge in [0.15, 0.2) is 29.8 Å². The van der Waals surface area contributed by atoms with E-state index in [4.69, 9.17) is 27.9 Å². The summed E-state index contributed by atoms with van der Waals surface area (Å²) in [5.74, 6) is -1.80. The van der Waals surface area contributed by atoms with Crippen molar-refractivity contribution in [3.05, 3.63) is 85.5 Å². The topological polar surface area (TPSA) is 207 Å². The molecule has 15 nitrogen and oxygen atoms in total. The minimum Gasteiger partial charge on any atom is -0.477 e. The Morgan fingerprint density at radius 3 is 2.86 bits per heavy atom. The van der Waals surface area contributed by atoms with Gasteiger partial charge in [0.2, 0.25) is 5.13 Å². The quantitative estimate of drug-likeness (QED) is 0.0508. The van der Waals surface area contributed by atoms with Crippen molar-refractivity contribution < 1.29 is 28.9 Å². The third-order valence-electron chi connectivity index (χ3n) is 7.81. The molecule has 2 aliphatic heterocycles. The molecule has 7 heterocycles. The van der Waals surface area contributed by atoms with Gasteiger partial charge in [-0.1, -0.05) is 28.1 Å². The highest BCUT2D eigenvalue weighted by Gasteiger charge is 2.55. The number of rotatable bonds is 11. The Bertz CT molecular complexity index is 2240. The van der Waals surface area contributed by atoms with E-state index in [0.717, 1.165) is 32.7 Å². The second kappa shape index (κ2) is 13.8. The number of oxime groups is 1. The molecule has 1 fully saturated rings. The van der Waals surface area contributed by atoms with Crippen LogP contribution in [0.5, 0.6) is 0 Å². The molecule has 5 aromatic heterocycles. The van der Waals surface area contributed by atoms with Crippen LogP contribution in [0.3, 0.4) is 0 Å². The maximum atomic E-state index is 13.3. The highest BCUT2D eigenvalue weighted by molar-refractivity contribution is 8.00. The minimum absolute atomic E-state index is 0.0189. The lowest BCUT2D eigenvalue weighted by Crippen LogP contribution is -2.71. The van der Waals surface area contributed by atoms with Gasteiger partial charge < -0.3 is 31.3 Å². The summed E-state index contributed by atoms with van der Waals surface area (Å²) in [6.07, 6.45) is 7.51. The number of fused-ring (bicyclic) bond motifs is 2. The molecule has 0 aromatic carbocycles. The number of anilines is 1. The monoisotopic (exact) mass is 769 g/mol. The highest BCUT2D eigenvalue weighted by Crippen LogP contribution is 2.40. The zero-order chi connectivity index (χ0) is 35.1. The van der Waals surface area contributed by atoms with Crippen molar-refractivity contribution in [1.82, 2.24) is 24.8 Å². The fourth-order valence-corrected chi connectivity index (χ4v) is 9.27. The van der Waals surface area contributed by atoms with E-state index in [1.807, 2.05) is 52.1 Å². The van der Waals surface area contributed by atoms with Crippen LogP contribution >= 0.6 is 57.4 Å². The van der Waals surface area contributed by atoms with Crippen molar-refractivity contribution >= 4 is 108 Å². The van der Waals surface area contributed by atoms with Crippen molar-refractivity contribution in [1.29, 1.82) is 0 Å². The molecule has 0 aliphatic carbocycles. The Kier molecular flexibility index (Phi) is 9.31. The number of nitrogens with one attached hydrogen (secondary N) is 1. The molecule has 5 aromatic rings. The molecule has 6 N–H and O–H groups in total. The van der Waals surface area contributed by atoms with Crippen LogP contribution in [0.25, 0.3) is 10.9 Å². The summed E-state index contributed by atoms with van der Waals surface area (Å²) < 4.78 is 4.15. The third kappa shape index (κ3) is 6.44. The predicted octanol–water partition coefficient (Wildman–Crippen LogP) is 3.01. The number of halogens is 1. The molecule has 2 atom stereocenters. The van der Waals surface area contributed by atoms with Gasteiger partial charge in [0.05, 0.1) is 17.4 Å². The number of carbonyl (C=O) groups is 3. The van der Waals surface area contributed by atoms with Crippen molar-refractivity contribution in [2.45, 2.75) is 24.5 Å². The van der Waals surface area contributed by atoms with Gasteiger partial charge in [-0.2, -0.15) is 0 Å². The standard InChI is InChI=1S/C30H25ClN10O5S4/c1-46-38-20(19-23(31)50-29(33)36-19)25(42)35-21-26(43)41-22(28(44)45)16(13-49-27(21)41)10-39-5-3-18-14(9-39)2-6-40(18)11-17-8-15(12-48-17)24(32)37-30-34-4-7-47-30/h2-9,12,21,27H,10-11,13H2,1H3,(H5-,32,33,34,35,36,37,42,44,45)/p+1/t21-,27-/m1/s1. The SMILES string of the molecule is CON=C(C(=O)N[C@@H]1C(=O)N2C(C(=O)O)=C(C[n+]3ccc4c(ccn4Cc4cc(C(N)=Nc5nccs5)cs4)c3)CS[C@H]12)c1nc(N)sc1Cl. The summed E-state index contributed by atoms with van der Waals surface area (Å²) in [6, 6.07) is 5.00. The lowest BCUT2D eigenvalue weighted by atomic mass is 10.0. The third-order valence-corrected chi connectivity index (χ3v) is 11.8. The first-order valence-corrected chi connectivity index (χ1v) is 18.6. The van der Waals surface area contributed by atoms with Gasteiger partial charge in [0.1, 0.15) is 40.1 Å². The van der Waals surface area contributed by atoms with Gasteiger partial charge in [0.25, 0.3) is 11.8 Å². The molecule has 2 amide bonds.